The summed E-state index contributed by atoms with van der Waals surface area (Å²) in [4.78, 5) is 11.0. The van der Waals surface area contributed by atoms with E-state index in [-0.39, 0.29) is 24.3 Å². The Balaban J connectivity index is 0.000001000. The van der Waals surface area contributed by atoms with Crippen molar-refractivity contribution in [3.63, 3.8) is 0 Å². The lowest BCUT2D eigenvalue weighted by molar-refractivity contribution is -0.145. The summed E-state index contributed by atoms with van der Waals surface area (Å²) in [6.07, 6.45) is 0. The lowest BCUT2D eigenvalue weighted by Crippen LogP contribution is -2.22. The van der Waals surface area contributed by atoms with Gasteiger partial charge in [-0.2, -0.15) is 0 Å². The Morgan fingerprint density at radius 2 is 2.18 bits per heavy atom. The average molecular weight is 180 g/mol. The monoisotopic (exact) mass is 179 g/mol. The van der Waals surface area contributed by atoms with Crippen molar-refractivity contribution in [2.24, 2.45) is 11.8 Å². The number of carbonyl (C=O) groups excluding carboxylic acids is 1. The first-order chi connectivity index (χ1) is 4.75. The van der Waals surface area contributed by atoms with Gasteiger partial charge < -0.3 is 10.1 Å². The van der Waals surface area contributed by atoms with Gasteiger partial charge in [0.05, 0.1) is 13.0 Å². The van der Waals surface area contributed by atoms with Gasteiger partial charge in [0.1, 0.15) is 0 Å². The molecule has 0 bridgehead atoms. The molecular weight excluding hydrogens is 166 g/mol. The van der Waals surface area contributed by atoms with E-state index in [9.17, 15) is 4.79 Å². The van der Waals surface area contributed by atoms with Crippen molar-refractivity contribution in [1.82, 2.24) is 5.32 Å². The molecule has 0 unspecified atom stereocenters. The summed E-state index contributed by atoms with van der Waals surface area (Å²) >= 11 is 0. The lowest BCUT2D eigenvalue weighted by Gasteiger charge is -2.09. The summed E-state index contributed by atoms with van der Waals surface area (Å²) < 4.78 is 4.63. The molecule has 1 aliphatic heterocycles. The standard InChI is InChI=1S/C7H13NO2.ClH/c1-5-3-8-4-6(5)7(9)10-2;/h5-6,8H,3-4H2,1-2H3;1H/t5-,6+;/m1./s1. The van der Waals surface area contributed by atoms with Crippen LogP contribution in [0, 0.1) is 11.8 Å². The van der Waals surface area contributed by atoms with E-state index in [1.165, 1.54) is 7.11 Å². The van der Waals surface area contributed by atoms with Gasteiger partial charge in [-0.15, -0.1) is 12.4 Å². The average Bonchev–Trinajstić information content (AvgIpc) is 2.34. The highest BCUT2D eigenvalue weighted by Gasteiger charge is 2.29. The lowest BCUT2D eigenvalue weighted by atomic mass is 9.99. The molecule has 0 amide bonds. The minimum absolute atomic E-state index is 0. The third-order valence-electron chi connectivity index (χ3n) is 2.02. The molecule has 1 N–H and O–H groups in total. The van der Waals surface area contributed by atoms with E-state index in [0.29, 0.717) is 5.92 Å². The Labute approximate surface area is 72.9 Å². The fraction of sp³-hybridized carbons (Fsp3) is 0.857. The van der Waals surface area contributed by atoms with E-state index in [4.69, 9.17) is 0 Å². The van der Waals surface area contributed by atoms with E-state index < -0.39 is 0 Å². The van der Waals surface area contributed by atoms with Crippen LogP contribution in [0.25, 0.3) is 0 Å². The number of esters is 1. The molecule has 1 rings (SSSR count). The summed E-state index contributed by atoms with van der Waals surface area (Å²) in [7, 11) is 1.44. The van der Waals surface area contributed by atoms with Crippen molar-refractivity contribution in [3.05, 3.63) is 0 Å². The van der Waals surface area contributed by atoms with Crippen molar-refractivity contribution in [3.8, 4) is 0 Å². The predicted octanol–water partition coefficient (Wildman–Crippen LogP) is 0.437. The van der Waals surface area contributed by atoms with E-state index >= 15 is 0 Å². The molecule has 0 aromatic heterocycles. The zero-order valence-electron chi connectivity index (χ0n) is 6.79. The zero-order chi connectivity index (χ0) is 7.56. The van der Waals surface area contributed by atoms with Crippen LogP contribution in [-0.4, -0.2) is 26.2 Å². The van der Waals surface area contributed by atoms with Gasteiger partial charge in [0.2, 0.25) is 0 Å². The van der Waals surface area contributed by atoms with E-state index in [1.54, 1.807) is 0 Å². The maximum Gasteiger partial charge on any atom is 0.310 e. The van der Waals surface area contributed by atoms with Crippen LogP contribution in [0.4, 0.5) is 0 Å². The van der Waals surface area contributed by atoms with E-state index in [2.05, 4.69) is 17.0 Å². The largest absolute Gasteiger partial charge is 0.469 e. The van der Waals surface area contributed by atoms with Crippen LogP contribution >= 0.6 is 12.4 Å². The van der Waals surface area contributed by atoms with Crippen LogP contribution in [0.2, 0.25) is 0 Å². The highest BCUT2D eigenvalue weighted by molar-refractivity contribution is 5.85. The second-order valence-electron chi connectivity index (χ2n) is 2.77. The maximum absolute atomic E-state index is 11.0. The number of halogens is 1. The molecule has 0 aliphatic carbocycles. The Morgan fingerprint density at radius 1 is 1.55 bits per heavy atom. The van der Waals surface area contributed by atoms with Crippen LogP contribution in [-0.2, 0) is 9.53 Å². The molecule has 0 spiro atoms. The van der Waals surface area contributed by atoms with Crippen LogP contribution < -0.4 is 5.32 Å². The molecule has 0 aromatic carbocycles. The molecule has 3 nitrogen and oxygen atoms in total. The van der Waals surface area contributed by atoms with Gasteiger partial charge >= 0.3 is 5.97 Å². The molecule has 0 radical (unpaired) electrons. The number of ether oxygens (including phenoxy) is 1. The molecule has 0 aromatic rings. The van der Waals surface area contributed by atoms with Gasteiger partial charge in [-0.3, -0.25) is 4.79 Å². The SMILES string of the molecule is COC(=O)[C@H]1CNC[C@H]1C.Cl. The smallest absolute Gasteiger partial charge is 0.310 e. The fourth-order valence-electron chi connectivity index (χ4n) is 1.28. The molecule has 2 atom stereocenters. The van der Waals surface area contributed by atoms with Gasteiger partial charge in [-0.1, -0.05) is 6.92 Å². The highest BCUT2D eigenvalue weighted by Crippen LogP contribution is 2.16. The van der Waals surface area contributed by atoms with Crippen LogP contribution in [0.3, 0.4) is 0 Å². The third kappa shape index (κ3) is 2.34. The Hall–Kier alpha value is -0.280. The van der Waals surface area contributed by atoms with Crippen molar-refractivity contribution in [2.75, 3.05) is 20.2 Å². The molecular formula is C7H14ClNO2. The summed E-state index contributed by atoms with van der Waals surface area (Å²) in [6, 6.07) is 0. The molecule has 66 valence electrons. The summed E-state index contributed by atoms with van der Waals surface area (Å²) in [5.74, 6) is 0.412. The minimum Gasteiger partial charge on any atom is -0.469 e. The minimum atomic E-state index is -0.0856. The Bertz CT molecular complexity index is 140. The second kappa shape index (κ2) is 4.57. The third-order valence-corrected chi connectivity index (χ3v) is 2.02. The normalized spacial score (nSPS) is 29.3. The van der Waals surface area contributed by atoms with Gasteiger partial charge in [0, 0.05) is 6.54 Å². The molecule has 1 aliphatic rings. The number of hydrogen-bond acceptors (Lipinski definition) is 3. The van der Waals surface area contributed by atoms with Crippen LogP contribution in [0.5, 0.6) is 0 Å². The van der Waals surface area contributed by atoms with Gasteiger partial charge in [-0.25, -0.2) is 0 Å². The van der Waals surface area contributed by atoms with Gasteiger partial charge in [0.15, 0.2) is 0 Å². The van der Waals surface area contributed by atoms with Crippen molar-refractivity contribution in [2.45, 2.75) is 6.92 Å². The van der Waals surface area contributed by atoms with E-state index in [1.807, 2.05) is 0 Å². The maximum atomic E-state index is 11.0. The first kappa shape index (κ1) is 10.7. The molecule has 0 saturated carbocycles. The van der Waals surface area contributed by atoms with E-state index in [0.717, 1.165) is 13.1 Å². The molecule has 1 fully saturated rings. The number of carbonyl (C=O) groups is 1. The molecule has 1 saturated heterocycles. The zero-order valence-corrected chi connectivity index (χ0v) is 7.61. The quantitative estimate of drug-likeness (QED) is 0.594. The van der Waals surface area contributed by atoms with Crippen molar-refractivity contribution >= 4 is 18.4 Å². The highest BCUT2D eigenvalue weighted by atomic mass is 35.5. The van der Waals surface area contributed by atoms with Crippen LogP contribution in [0.15, 0.2) is 0 Å². The predicted molar refractivity (Wildman–Crippen MR) is 44.8 cm³/mol. The fourth-order valence-corrected chi connectivity index (χ4v) is 1.28. The van der Waals surface area contributed by atoms with Gasteiger partial charge in [-0.05, 0) is 12.5 Å². The first-order valence-electron chi connectivity index (χ1n) is 3.54. The number of hydrogen-bond donors (Lipinski definition) is 1. The summed E-state index contributed by atoms with van der Waals surface area (Å²) in [5, 5.41) is 3.14. The number of nitrogens with one attached hydrogen (secondary N) is 1. The number of methoxy groups -OCH3 is 1. The Morgan fingerprint density at radius 3 is 2.55 bits per heavy atom. The molecule has 11 heavy (non-hydrogen) atoms. The summed E-state index contributed by atoms with van der Waals surface area (Å²) in [6.45, 7) is 3.76. The van der Waals surface area contributed by atoms with Crippen LogP contribution in [0.1, 0.15) is 6.92 Å². The van der Waals surface area contributed by atoms with Crippen molar-refractivity contribution < 1.29 is 9.53 Å². The topological polar surface area (TPSA) is 38.3 Å². The molecule has 4 heteroatoms. The van der Waals surface area contributed by atoms with Gasteiger partial charge in [0.25, 0.3) is 0 Å². The summed E-state index contributed by atoms with van der Waals surface area (Å²) in [5.41, 5.74) is 0. The molecule has 1 heterocycles. The Kier molecular flexibility index (Phi) is 4.45. The second-order valence-corrected chi connectivity index (χ2v) is 2.77. The number of rotatable bonds is 1. The first-order valence-corrected chi connectivity index (χ1v) is 3.54. The van der Waals surface area contributed by atoms with Crippen molar-refractivity contribution in [1.29, 1.82) is 0 Å².